The summed E-state index contributed by atoms with van der Waals surface area (Å²) in [7, 11) is 1.26. The number of aromatic nitrogens is 1. The minimum Gasteiger partial charge on any atom is -0.467 e. The van der Waals surface area contributed by atoms with Gasteiger partial charge in [-0.15, -0.1) is 0 Å². The second kappa shape index (κ2) is 7.83. The molecule has 0 bridgehead atoms. The van der Waals surface area contributed by atoms with E-state index < -0.39 is 23.8 Å². The first-order chi connectivity index (χ1) is 13.0. The molecule has 1 heterocycles. The Kier molecular flexibility index (Phi) is 5.32. The maximum Gasteiger partial charge on any atom is 0.328 e. The zero-order valence-corrected chi connectivity index (χ0v) is 15.1. The number of fused-ring (bicyclic) bond motifs is 2. The third-order valence-electron chi connectivity index (χ3n) is 4.42. The quantitative estimate of drug-likeness (QED) is 0.556. The van der Waals surface area contributed by atoms with E-state index in [1.54, 1.807) is 6.92 Å². The number of methoxy groups -OCH3 is 1. The molecule has 0 saturated heterocycles. The number of amides is 1. The van der Waals surface area contributed by atoms with Crippen molar-refractivity contribution in [2.45, 2.75) is 19.4 Å². The van der Waals surface area contributed by atoms with Crippen LogP contribution in [0.15, 0.2) is 48.5 Å². The number of carbonyl (C=O) groups is 2. The first-order valence-corrected chi connectivity index (χ1v) is 8.61. The van der Waals surface area contributed by atoms with Crippen LogP contribution < -0.4 is 5.32 Å². The van der Waals surface area contributed by atoms with Gasteiger partial charge >= 0.3 is 5.97 Å². The minimum absolute atomic E-state index is 0.176. The number of hydrogen-bond acceptors (Lipinski definition) is 5. The van der Waals surface area contributed by atoms with Crippen molar-refractivity contribution in [3.8, 4) is 6.07 Å². The molecule has 3 rings (SSSR count). The largest absolute Gasteiger partial charge is 0.467 e. The second-order valence-corrected chi connectivity index (χ2v) is 6.34. The lowest BCUT2D eigenvalue weighted by Crippen LogP contribution is -2.42. The Balaban J connectivity index is 2.08. The smallest absolute Gasteiger partial charge is 0.328 e. The monoisotopic (exact) mass is 361 g/mol. The SMILES string of the molecule is COC(=O)[C@@H](C[C@@H](C)C#N)NC(=O)c1c2ccccc2nc2ccccc12. The zero-order valence-electron chi connectivity index (χ0n) is 15.1. The number of para-hydroxylation sites is 2. The topological polar surface area (TPSA) is 92.1 Å². The van der Waals surface area contributed by atoms with E-state index in [4.69, 9.17) is 10.00 Å². The number of nitrogens with one attached hydrogen (secondary N) is 1. The Morgan fingerprint density at radius 2 is 1.67 bits per heavy atom. The highest BCUT2D eigenvalue weighted by Crippen LogP contribution is 2.26. The number of esters is 1. The van der Waals surface area contributed by atoms with Gasteiger partial charge in [0.05, 0.1) is 29.8 Å². The van der Waals surface area contributed by atoms with Crippen LogP contribution in [-0.2, 0) is 9.53 Å². The van der Waals surface area contributed by atoms with Gasteiger partial charge in [0.25, 0.3) is 5.91 Å². The predicted octanol–water partition coefficient (Wildman–Crippen LogP) is 3.21. The van der Waals surface area contributed by atoms with Crippen LogP contribution in [0.1, 0.15) is 23.7 Å². The van der Waals surface area contributed by atoms with Crippen molar-refractivity contribution >= 4 is 33.7 Å². The summed E-state index contributed by atoms with van der Waals surface area (Å²) in [6.07, 6.45) is 0.176. The first-order valence-electron chi connectivity index (χ1n) is 8.61. The zero-order chi connectivity index (χ0) is 19.4. The third-order valence-corrected chi connectivity index (χ3v) is 4.42. The fraction of sp³-hybridized carbons (Fsp3) is 0.238. The van der Waals surface area contributed by atoms with E-state index in [-0.39, 0.29) is 6.42 Å². The average molecular weight is 361 g/mol. The Morgan fingerprint density at radius 1 is 1.11 bits per heavy atom. The van der Waals surface area contributed by atoms with Crippen LogP contribution in [0.2, 0.25) is 0 Å². The van der Waals surface area contributed by atoms with E-state index in [0.29, 0.717) is 27.4 Å². The molecule has 1 aromatic heterocycles. The summed E-state index contributed by atoms with van der Waals surface area (Å²) < 4.78 is 4.79. The minimum atomic E-state index is -0.900. The molecular weight excluding hydrogens is 342 g/mol. The van der Waals surface area contributed by atoms with Gasteiger partial charge in [-0.05, 0) is 25.5 Å². The molecule has 0 unspecified atom stereocenters. The third kappa shape index (κ3) is 3.72. The number of ether oxygens (including phenoxy) is 1. The van der Waals surface area contributed by atoms with Crippen molar-refractivity contribution in [2.75, 3.05) is 7.11 Å². The van der Waals surface area contributed by atoms with E-state index in [0.717, 1.165) is 0 Å². The van der Waals surface area contributed by atoms with Gasteiger partial charge in [0.1, 0.15) is 6.04 Å². The van der Waals surface area contributed by atoms with Crippen molar-refractivity contribution < 1.29 is 14.3 Å². The summed E-state index contributed by atoms with van der Waals surface area (Å²) in [6.45, 7) is 1.69. The van der Waals surface area contributed by atoms with E-state index in [2.05, 4.69) is 16.4 Å². The Bertz CT molecular complexity index is 1000. The summed E-state index contributed by atoms with van der Waals surface area (Å²) in [5.74, 6) is -1.38. The molecule has 0 aliphatic heterocycles. The number of carbonyl (C=O) groups excluding carboxylic acids is 2. The van der Waals surface area contributed by atoms with E-state index >= 15 is 0 Å². The Morgan fingerprint density at radius 3 is 2.19 bits per heavy atom. The van der Waals surface area contributed by atoms with Crippen LogP contribution in [0, 0.1) is 17.2 Å². The molecule has 0 fully saturated rings. The van der Waals surface area contributed by atoms with Crippen LogP contribution >= 0.6 is 0 Å². The molecular formula is C21H19N3O3. The van der Waals surface area contributed by atoms with Crippen LogP contribution in [0.25, 0.3) is 21.8 Å². The summed E-state index contributed by atoms with van der Waals surface area (Å²) >= 11 is 0. The summed E-state index contributed by atoms with van der Waals surface area (Å²) in [6, 6.07) is 15.9. The molecule has 0 spiro atoms. The first kappa shape index (κ1) is 18.3. The molecule has 6 nitrogen and oxygen atoms in total. The molecule has 3 aromatic rings. The number of nitrogens with zero attached hydrogens (tertiary/aromatic N) is 2. The lowest BCUT2D eigenvalue weighted by Gasteiger charge is -2.18. The lowest BCUT2D eigenvalue weighted by molar-refractivity contribution is -0.143. The van der Waals surface area contributed by atoms with Gasteiger partial charge in [0.15, 0.2) is 0 Å². The van der Waals surface area contributed by atoms with Gasteiger partial charge in [0.2, 0.25) is 0 Å². The molecule has 0 radical (unpaired) electrons. The standard InChI is InChI=1S/C21H19N3O3/c1-13(12-22)11-18(21(26)27-2)24-20(25)19-14-7-3-5-9-16(14)23-17-10-6-4-8-15(17)19/h3-10,13,18H,11H2,1-2H3,(H,24,25)/t13-,18-/m1/s1. The van der Waals surface area contributed by atoms with Crippen LogP contribution in [0.4, 0.5) is 0 Å². The molecule has 0 aliphatic rings. The summed E-state index contributed by atoms with van der Waals surface area (Å²) in [5.41, 5.74) is 1.84. The normalized spacial score (nSPS) is 12.9. The highest BCUT2D eigenvalue weighted by molar-refractivity contribution is 6.16. The lowest BCUT2D eigenvalue weighted by atomic mass is 10.00. The highest BCUT2D eigenvalue weighted by atomic mass is 16.5. The molecule has 2 aromatic carbocycles. The number of pyridine rings is 1. The molecule has 136 valence electrons. The van der Waals surface area contributed by atoms with Gasteiger partial charge in [-0.1, -0.05) is 36.4 Å². The molecule has 1 amide bonds. The van der Waals surface area contributed by atoms with E-state index in [1.165, 1.54) is 7.11 Å². The Labute approximate surface area is 156 Å². The Hall–Kier alpha value is -3.46. The predicted molar refractivity (Wildman–Crippen MR) is 102 cm³/mol. The maximum absolute atomic E-state index is 13.1. The molecule has 6 heteroatoms. The van der Waals surface area contributed by atoms with E-state index in [9.17, 15) is 9.59 Å². The number of hydrogen-bond donors (Lipinski definition) is 1. The number of rotatable bonds is 5. The van der Waals surface area contributed by atoms with Crippen LogP contribution in [0.5, 0.6) is 0 Å². The van der Waals surface area contributed by atoms with Crippen LogP contribution in [-0.4, -0.2) is 30.0 Å². The van der Waals surface area contributed by atoms with Crippen LogP contribution in [0.3, 0.4) is 0 Å². The van der Waals surface area contributed by atoms with Gasteiger partial charge in [-0.3, -0.25) is 4.79 Å². The average Bonchev–Trinajstić information content (AvgIpc) is 2.70. The van der Waals surface area contributed by atoms with Gasteiger partial charge in [-0.25, -0.2) is 9.78 Å². The molecule has 0 saturated carbocycles. The molecule has 0 aliphatic carbocycles. The molecule has 27 heavy (non-hydrogen) atoms. The number of benzene rings is 2. The summed E-state index contributed by atoms with van der Waals surface area (Å²) in [4.78, 5) is 29.8. The van der Waals surface area contributed by atoms with E-state index in [1.807, 2.05) is 48.5 Å². The molecule has 1 N–H and O–H groups in total. The van der Waals surface area contributed by atoms with Crippen molar-refractivity contribution in [1.82, 2.24) is 10.3 Å². The van der Waals surface area contributed by atoms with Gasteiger partial charge in [0, 0.05) is 16.7 Å². The fourth-order valence-electron chi connectivity index (χ4n) is 3.08. The van der Waals surface area contributed by atoms with Gasteiger partial charge < -0.3 is 10.1 Å². The fourth-order valence-corrected chi connectivity index (χ4v) is 3.08. The maximum atomic E-state index is 13.1. The number of nitriles is 1. The summed E-state index contributed by atoms with van der Waals surface area (Å²) in [5, 5.41) is 13.2. The van der Waals surface area contributed by atoms with Crippen molar-refractivity contribution in [3.63, 3.8) is 0 Å². The van der Waals surface area contributed by atoms with Gasteiger partial charge in [-0.2, -0.15) is 5.26 Å². The van der Waals surface area contributed by atoms with Crippen molar-refractivity contribution in [2.24, 2.45) is 5.92 Å². The highest BCUT2D eigenvalue weighted by Gasteiger charge is 2.26. The van der Waals surface area contributed by atoms with Crippen molar-refractivity contribution in [1.29, 1.82) is 5.26 Å². The molecule has 2 atom stereocenters. The second-order valence-electron chi connectivity index (χ2n) is 6.34. The van der Waals surface area contributed by atoms with Crippen molar-refractivity contribution in [3.05, 3.63) is 54.1 Å².